The van der Waals surface area contributed by atoms with Crippen molar-refractivity contribution in [1.82, 2.24) is 24.5 Å². The van der Waals surface area contributed by atoms with Gasteiger partial charge in [-0.3, -0.25) is 14.3 Å². The summed E-state index contributed by atoms with van der Waals surface area (Å²) in [5, 5.41) is 9.03. The van der Waals surface area contributed by atoms with E-state index in [2.05, 4.69) is 5.10 Å². The molecule has 0 atom stereocenters. The van der Waals surface area contributed by atoms with Crippen LogP contribution in [0.4, 0.5) is 4.39 Å². The molecule has 6 rings (SSSR count). The fourth-order valence-corrected chi connectivity index (χ4v) is 5.53. The van der Waals surface area contributed by atoms with E-state index in [1.54, 1.807) is 34.1 Å². The standard InChI is InChI=1S/C30H31FN6O6/c1-30(2)16-42-6-5-36(30)29(39)27-23-15-43-25-11-24(41-4)21(17-12-33-35(13-17)14-26(32)38)10-22(25)28(23)37(34-27)19-7-18(31)8-20(9-19)40-3/h7-13H,5-6,14-16H2,1-4H3,(H2,32,38). The molecule has 2 N–H and O–H groups in total. The van der Waals surface area contributed by atoms with E-state index in [9.17, 15) is 14.0 Å². The monoisotopic (exact) mass is 590 g/mol. The molecule has 2 aliphatic heterocycles. The van der Waals surface area contributed by atoms with Gasteiger partial charge in [-0.2, -0.15) is 10.2 Å². The zero-order valence-electron chi connectivity index (χ0n) is 24.2. The molecule has 4 heterocycles. The molecule has 0 aliphatic carbocycles. The van der Waals surface area contributed by atoms with E-state index in [1.807, 2.05) is 19.9 Å². The van der Waals surface area contributed by atoms with Crippen LogP contribution in [0.25, 0.3) is 28.1 Å². The summed E-state index contributed by atoms with van der Waals surface area (Å²) < 4.78 is 40.6. The minimum atomic E-state index is -0.562. The second-order valence-corrected chi connectivity index (χ2v) is 11.0. The minimum absolute atomic E-state index is 0.0552. The molecule has 2 amide bonds. The molecule has 4 aromatic rings. The van der Waals surface area contributed by atoms with Gasteiger partial charge in [0.15, 0.2) is 5.69 Å². The van der Waals surface area contributed by atoms with Crippen LogP contribution < -0.4 is 19.9 Å². The van der Waals surface area contributed by atoms with E-state index in [-0.39, 0.29) is 24.8 Å². The Morgan fingerprint density at radius 3 is 2.65 bits per heavy atom. The third-order valence-corrected chi connectivity index (χ3v) is 7.60. The van der Waals surface area contributed by atoms with Crippen molar-refractivity contribution in [3.05, 3.63) is 59.8 Å². The van der Waals surface area contributed by atoms with Gasteiger partial charge < -0.3 is 29.6 Å². The third-order valence-electron chi connectivity index (χ3n) is 7.60. The minimum Gasteiger partial charge on any atom is -0.497 e. The number of aromatic nitrogens is 4. The highest BCUT2D eigenvalue weighted by molar-refractivity contribution is 5.97. The Morgan fingerprint density at radius 1 is 1.12 bits per heavy atom. The van der Waals surface area contributed by atoms with Crippen molar-refractivity contribution in [2.45, 2.75) is 32.5 Å². The quantitative estimate of drug-likeness (QED) is 0.347. The number of primary amides is 1. The number of hydrogen-bond donors (Lipinski definition) is 1. The van der Waals surface area contributed by atoms with E-state index >= 15 is 0 Å². The van der Waals surface area contributed by atoms with Crippen LogP contribution in [0.5, 0.6) is 17.2 Å². The lowest BCUT2D eigenvalue weighted by Crippen LogP contribution is -2.55. The van der Waals surface area contributed by atoms with E-state index < -0.39 is 17.3 Å². The number of hydrogen-bond acceptors (Lipinski definition) is 8. The van der Waals surface area contributed by atoms with Gasteiger partial charge in [-0.15, -0.1) is 0 Å². The van der Waals surface area contributed by atoms with E-state index in [0.717, 1.165) is 0 Å². The average molecular weight is 591 g/mol. The highest BCUT2D eigenvalue weighted by atomic mass is 19.1. The molecule has 2 aromatic heterocycles. The van der Waals surface area contributed by atoms with Crippen LogP contribution in [0.15, 0.2) is 42.7 Å². The fourth-order valence-electron chi connectivity index (χ4n) is 5.53. The van der Waals surface area contributed by atoms with Crippen molar-refractivity contribution in [2.75, 3.05) is 34.0 Å². The molecule has 1 fully saturated rings. The number of methoxy groups -OCH3 is 2. The van der Waals surface area contributed by atoms with Gasteiger partial charge in [0.2, 0.25) is 5.91 Å². The number of carbonyl (C=O) groups excluding carboxylic acids is 2. The van der Waals surface area contributed by atoms with Crippen molar-refractivity contribution in [2.24, 2.45) is 5.73 Å². The van der Waals surface area contributed by atoms with Gasteiger partial charge in [0, 0.05) is 53.2 Å². The molecule has 0 bridgehead atoms. The van der Waals surface area contributed by atoms with Gasteiger partial charge in [-0.1, -0.05) is 0 Å². The molecule has 0 spiro atoms. The van der Waals surface area contributed by atoms with Crippen LogP contribution in [0.1, 0.15) is 29.9 Å². The molecule has 0 saturated carbocycles. The number of carbonyl (C=O) groups is 2. The first-order chi connectivity index (χ1) is 20.6. The van der Waals surface area contributed by atoms with Crippen LogP contribution in [0.3, 0.4) is 0 Å². The highest BCUT2D eigenvalue weighted by Crippen LogP contribution is 2.46. The maximum Gasteiger partial charge on any atom is 0.275 e. The zero-order valence-corrected chi connectivity index (χ0v) is 24.2. The molecule has 2 aromatic carbocycles. The number of amides is 2. The number of rotatable bonds is 7. The Balaban J connectivity index is 1.56. The number of fused-ring (bicyclic) bond motifs is 3. The topological polar surface area (TPSA) is 136 Å². The molecule has 0 unspecified atom stereocenters. The van der Waals surface area contributed by atoms with Crippen LogP contribution in [0, 0.1) is 5.82 Å². The normalized spacial score (nSPS) is 15.3. The smallest absolute Gasteiger partial charge is 0.275 e. The Labute approximate surface area is 246 Å². The second-order valence-electron chi connectivity index (χ2n) is 11.0. The molecule has 12 nitrogen and oxygen atoms in total. The highest BCUT2D eigenvalue weighted by Gasteiger charge is 2.39. The average Bonchev–Trinajstić information content (AvgIpc) is 3.60. The maximum atomic E-state index is 14.8. The van der Waals surface area contributed by atoms with Gasteiger partial charge in [0.05, 0.1) is 50.6 Å². The molecule has 2 aliphatic rings. The van der Waals surface area contributed by atoms with Gasteiger partial charge in [-0.05, 0) is 26.0 Å². The summed E-state index contributed by atoms with van der Waals surface area (Å²) in [5.41, 5.74) is 8.40. The first kappa shape index (κ1) is 28.2. The zero-order chi connectivity index (χ0) is 30.5. The lowest BCUT2D eigenvalue weighted by Gasteiger charge is -2.41. The molecule has 224 valence electrons. The van der Waals surface area contributed by atoms with Crippen molar-refractivity contribution in [3.63, 3.8) is 0 Å². The largest absolute Gasteiger partial charge is 0.497 e. The Morgan fingerprint density at radius 2 is 1.93 bits per heavy atom. The first-order valence-corrected chi connectivity index (χ1v) is 13.6. The number of morpholine rings is 1. The predicted molar refractivity (Wildman–Crippen MR) is 153 cm³/mol. The molecule has 0 radical (unpaired) electrons. The number of benzene rings is 2. The molecule has 43 heavy (non-hydrogen) atoms. The second kappa shape index (κ2) is 10.7. The summed E-state index contributed by atoms with van der Waals surface area (Å²) in [6, 6.07) is 7.84. The molecule has 1 saturated heterocycles. The Kier molecular flexibility index (Phi) is 7.04. The van der Waals surface area contributed by atoms with Crippen LogP contribution in [0.2, 0.25) is 0 Å². The van der Waals surface area contributed by atoms with Gasteiger partial charge in [0.1, 0.15) is 36.2 Å². The Bertz CT molecular complexity index is 1740. The van der Waals surface area contributed by atoms with E-state index in [0.29, 0.717) is 70.6 Å². The summed E-state index contributed by atoms with van der Waals surface area (Å²) in [4.78, 5) is 27.3. The van der Waals surface area contributed by atoms with Crippen LogP contribution >= 0.6 is 0 Å². The molecular weight excluding hydrogens is 559 g/mol. The summed E-state index contributed by atoms with van der Waals surface area (Å²) in [5.74, 6) is -0.0322. The first-order valence-electron chi connectivity index (χ1n) is 13.6. The number of ether oxygens (including phenoxy) is 4. The Hall–Kier alpha value is -4.91. The van der Waals surface area contributed by atoms with Crippen molar-refractivity contribution in [3.8, 4) is 45.3 Å². The lowest BCUT2D eigenvalue weighted by atomic mass is 9.96. The fraction of sp³-hybridized carbons (Fsp3) is 0.333. The van der Waals surface area contributed by atoms with Crippen molar-refractivity contribution < 1.29 is 32.9 Å². The van der Waals surface area contributed by atoms with Gasteiger partial charge in [0.25, 0.3) is 5.91 Å². The molecular formula is C30H31FN6O6. The van der Waals surface area contributed by atoms with Crippen molar-refractivity contribution >= 4 is 11.8 Å². The van der Waals surface area contributed by atoms with E-state index in [4.69, 9.17) is 29.8 Å². The van der Waals surface area contributed by atoms with Crippen molar-refractivity contribution in [1.29, 1.82) is 0 Å². The number of halogens is 1. The maximum absolute atomic E-state index is 14.8. The number of nitrogens with two attached hydrogens (primary N) is 1. The van der Waals surface area contributed by atoms with Gasteiger partial charge >= 0.3 is 0 Å². The van der Waals surface area contributed by atoms with Crippen LogP contribution in [-0.4, -0.2) is 75.8 Å². The summed E-state index contributed by atoms with van der Waals surface area (Å²) >= 11 is 0. The summed E-state index contributed by atoms with van der Waals surface area (Å²) in [7, 11) is 2.99. The van der Waals surface area contributed by atoms with E-state index in [1.165, 1.54) is 31.0 Å². The molecule has 13 heteroatoms. The summed E-state index contributed by atoms with van der Waals surface area (Å²) in [6.45, 7) is 5.04. The van der Waals surface area contributed by atoms with Crippen LogP contribution in [-0.2, 0) is 22.7 Å². The number of nitrogens with zero attached hydrogens (tertiary/aromatic N) is 5. The SMILES string of the molecule is COc1cc(F)cc(-n2nc(C(=O)N3CCOCC3(C)C)c3c2-c2cc(-c4cnn(CC(N)=O)c4)c(OC)cc2OC3)c1. The lowest BCUT2D eigenvalue weighted by molar-refractivity contribution is -0.118. The predicted octanol–water partition coefficient (Wildman–Crippen LogP) is 3.19. The third kappa shape index (κ3) is 5.05. The summed E-state index contributed by atoms with van der Waals surface area (Å²) in [6.07, 6.45) is 3.28. The van der Waals surface area contributed by atoms with Gasteiger partial charge in [-0.25, -0.2) is 9.07 Å².